The van der Waals surface area contributed by atoms with Crippen molar-refractivity contribution < 1.29 is 19.5 Å². The van der Waals surface area contributed by atoms with Gasteiger partial charge >= 0.3 is 5.97 Å². The number of rotatable bonds is 3. The predicted octanol–water partition coefficient (Wildman–Crippen LogP) is 1.27. The van der Waals surface area contributed by atoms with Crippen LogP contribution in [0.5, 0.6) is 0 Å². The fraction of sp³-hybridized carbons (Fsp3) is 0.286. The summed E-state index contributed by atoms with van der Waals surface area (Å²) in [6.07, 6.45) is 0.0740. The van der Waals surface area contributed by atoms with Gasteiger partial charge in [-0.2, -0.15) is 0 Å². The van der Waals surface area contributed by atoms with Crippen LogP contribution in [0.1, 0.15) is 16.8 Å². The SMILES string of the molecule is CN=C1S[C@@H](C(=O)Nc2cccc(C(=O)O)c2)CC(=O)N1C. The molecule has 0 aromatic heterocycles. The number of hydrogen-bond acceptors (Lipinski definition) is 5. The van der Waals surface area contributed by atoms with E-state index in [9.17, 15) is 14.4 Å². The Hall–Kier alpha value is -2.35. The Morgan fingerprint density at radius 3 is 2.82 bits per heavy atom. The Morgan fingerprint density at radius 2 is 2.18 bits per heavy atom. The molecule has 1 heterocycles. The van der Waals surface area contributed by atoms with E-state index in [4.69, 9.17) is 5.11 Å². The van der Waals surface area contributed by atoms with E-state index in [1.807, 2.05) is 0 Å². The molecule has 0 bridgehead atoms. The number of anilines is 1. The monoisotopic (exact) mass is 321 g/mol. The number of carboxylic acids is 1. The van der Waals surface area contributed by atoms with Crippen molar-refractivity contribution in [2.24, 2.45) is 4.99 Å². The number of carbonyl (C=O) groups excluding carboxylic acids is 2. The lowest BCUT2D eigenvalue weighted by molar-refractivity contribution is -0.128. The number of carbonyl (C=O) groups is 3. The Morgan fingerprint density at radius 1 is 1.45 bits per heavy atom. The fourth-order valence-electron chi connectivity index (χ4n) is 1.95. The molecule has 2 amide bonds. The van der Waals surface area contributed by atoms with E-state index in [1.165, 1.54) is 28.8 Å². The number of amidine groups is 1. The standard InChI is InChI=1S/C14H15N3O4S/c1-15-14-17(2)11(18)7-10(22-14)12(19)16-9-5-3-4-8(6-9)13(20)21/h3-6,10H,7H2,1-2H3,(H,16,19)(H,20,21)/t10-/m1/s1. The number of aliphatic imine (C=N–C) groups is 1. The average molecular weight is 321 g/mol. The molecule has 2 rings (SSSR count). The van der Waals surface area contributed by atoms with Crippen LogP contribution in [0.25, 0.3) is 0 Å². The largest absolute Gasteiger partial charge is 0.478 e. The lowest BCUT2D eigenvalue weighted by atomic mass is 10.2. The lowest BCUT2D eigenvalue weighted by Crippen LogP contribution is -2.43. The second-order valence-corrected chi connectivity index (χ2v) is 5.81. The van der Waals surface area contributed by atoms with Crippen molar-refractivity contribution in [3.8, 4) is 0 Å². The Balaban J connectivity index is 2.11. The van der Waals surface area contributed by atoms with Gasteiger partial charge in [-0.3, -0.25) is 19.5 Å². The van der Waals surface area contributed by atoms with Crippen molar-refractivity contribution in [1.82, 2.24) is 4.90 Å². The second-order valence-electron chi connectivity index (χ2n) is 4.64. The van der Waals surface area contributed by atoms with Crippen LogP contribution in [0.2, 0.25) is 0 Å². The first-order valence-corrected chi connectivity index (χ1v) is 7.34. The maximum atomic E-state index is 12.3. The van der Waals surface area contributed by atoms with Gasteiger partial charge < -0.3 is 10.4 Å². The van der Waals surface area contributed by atoms with Crippen LogP contribution in [0, 0.1) is 0 Å². The first-order chi connectivity index (χ1) is 10.4. The van der Waals surface area contributed by atoms with Crippen LogP contribution in [0.3, 0.4) is 0 Å². The summed E-state index contributed by atoms with van der Waals surface area (Å²) in [4.78, 5) is 40.4. The van der Waals surface area contributed by atoms with Crippen LogP contribution in [0.4, 0.5) is 5.69 Å². The van der Waals surface area contributed by atoms with Crippen molar-refractivity contribution in [3.05, 3.63) is 29.8 Å². The molecule has 1 fully saturated rings. The quantitative estimate of drug-likeness (QED) is 0.873. The molecule has 1 aliphatic rings. The van der Waals surface area contributed by atoms with E-state index < -0.39 is 11.2 Å². The van der Waals surface area contributed by atoms with Crippen molar-refractivity contribution in [2.75, 3.05) is 19.4 Å². The topological polar surface area (TPSA) is 99.1 Å². The van der Waals surface area contributed by atoms with Gasteiger partial charge in [0.05, 0.1) is 5.56 Å². The maximum Gasteiger partial charge on any atom is 0.335 e. The lowest BCUT2D eigenvalue weighted by Gasteiger charge is -2.28. The summed E-state index contributed by atoms with van der Waals surface area (Å²) in [5.74, 6) is -1.60. The zero-order valence-electron chi connectivity index (χ0n) is 12.1. The van der Waals surface area contributed by atoms with Crippen LogP contribution >= 0.6 is 11.8 Å². The van der Waals surface area contributed by atoms with Gasteiger partial charge in [0.25, 0.3) is 0 Å². The number of amides is 2. The van der Waals surface area contributed by atoms with Gasteiger partial charge in [-0.25, -0.2) is 4.79 Å². The first-order valence-electron chi connectivity index (χ1n) is 6.46. The molecule has 2 N–H and O–H groups in total. The van der Waals surface area contributed by atoms with Crippen molar-refractivity contribution in [2.45, 2.75) is 11.7 Å². The van der Waals surface area contributed by atoms with Gasteiger partial charge in [-0.05, 0) is 18.2 Å². The number of nitrogens with one attached hydrogen (secondary N) is 1. The van der Waals surface area contributed by atoms with E-state index in [2.05, 4.69) is 10.3 Å². The molecule has 116 valence electrons. The number of thioether (sulfide) groups is 1. The maximum absolute atomic E-state index is 12.3. The number of hydrogen-bond donors (Lipinski definition) is 2. The summed E-state index contributed by atoms with van der Waals surface area (Å²) < 4.78 is 0. The van der Waals surface area contributed by atoms with E-state index in [0.717, 1.165) is 0 Å². The minimum Gasteiger partial charge on any atom is -0.478 e. The van der Waals surface area contributed by atoms with Gasteiger partial charge in [0, 0.05) is 26.2 Å². The molecular weight excluding hydrogens is 306 g/mol. The summed E-state index contributed by atoms with van der Waals surface area (Å²) in [6.45, 7) is 0. The fourth-order valence-corrected chi connectivity index (χ4v) is 2.96. The summed E-state index contributed by atoms with van der Waals surface area (Å²) >= 11 is 1.21. The van der Waals surface area contributed by atoms with Gasteiger partial charge in [-0.1, -0.05) is 17.8 Å². The molecule has 0 unspecified atom stereocenters. The predicted molar refractivity (Wildman–Crippen MR) is 84.2 cm³/mol. The molecule has 7 nitrogen and oxygen atoms in total. The zero-order chi connectivity index (χ0) is 16.3. The summed E-state index contributed by atoms with van der Waals surface area (Å²) in [7, 11) is 3.17. The van der Waals surface area contributed by atoms with Crippen LogP contribution in [0.15, 0.2) is 29.3 Å². The van der Waals surface area contributed by atoms with E-state index >= 15 is 0 Å². The summed E-state index contributed by atoms with van der Waals surface area (Å²) in [6, 6.07) is 5.95. The van der Waals surface area contributed by atoms with Crippen LogP contribution < -0.4 is 5.32 Å². The molecule has 0 radical (unpaired) electrons. The number of aromatic carboxylic acids is 1. The average Bonchev–Trinajstić information content (AvgIpc) is 2.50. The highest BCUT2D eigenvalue weighted by molar-refractivity contribution is 8.15. The summed E-state index contributed by atoms with van der Waals surface area (Å²) in [5.41, 5.74) is 0.465. The van der Waals surface area contributed by atoms with Gasteiger partial charge in [0.2, 0.25) is 11.8 Å². The molecule has 1 atom stereocenters. The van der Waals surface area contributed by atoms with Crippen LogP contribution in [-0.4, -0.2) is 52.3 Å². The third-order valence-corrected chi connectivity index (χ3v) is 4.46. The summed E-state index contributed by atoms with van der Waals surface area (Å²) in [5, 5.41) is 11.5. The second kappa shape index (κ2) is 6.61. The molecule has 0 spiro atoms. The van der Waals surface area contributed by atoms with Gasteiger partial charge in [0.15, 0.2) is 5.17 Å². The zero-order valence-corrected chi connectivity index (χ0v) is 12.9. The van der Waals surface area contributed by atoms with E-state index in [0.29, 0.717) is 10.9 Å². The third-order valence-electron chi connectivity index (χ3n) is 3.13. The van der Waals surface area contributed by atoms with Gasteiger partial charge in [0.1, 0.15) is 5.25 Å². The molecule has 0 saturated carbocycles. The molecule has 8 heteroatoms. The highest BCUT2D eigenvalue weighted by atomic mass is 32.2. The molecule has 22 heavy (non-hydrogen) atoms. The minimum atomic E-state index is -1.07. The molecule has 1 aromatic rings. The first kappa shape index (κ1) is 16.0. The smallest absolute Gasteiger partial charge is 0.335 e. The van der Waals surface area contributed by atoms with Gasteiger partial charge in [-0.15, -0.1) is 0 Å². The molecule has 0 aliphatic carbocycles. The minimum absolute atomic E-state index is 0.0740. The number of carboxylic acid groups (broad SMARTS) is 1. The molecule has 1 aliphatic heterocycles. The van der Waals surface area contributed by atoms with Crippen molar-refractivity contribution in [1.29, 1.82) is 0 Å². The molecule has 1 saturated heterocycles. The van der Waals surface area contributed by atoms with E-state index in [1.54, 1.807) is 26.2 Å². The third kappa shape index (κ3) is 3.45. The van der Waals surface area contributed by atoms with Crippen molar-refractivity contribution >= 4 is 40.4 Å². The molecular formula is C14H15N3O4S. The van der Waals surface area contributed by atoms with Crippen molar-refractivity contribution in [3.63, 3.8) is 0 Å². The Labute approximate surface area is 131 Å². The highest BCUT2D eigenvalue weighted by Crippen LogP contribution is 2.26. The Kier molecular flexibility index (Phi) is 4.81. The van der Waals surface area contributed by atoms with E-state index in [-0.39, 0.29) is 23.8 Å². The number of nitrogens with zero attached hydrogens (tertiary/aromatic N) is 2. The number of benzene rings is 1. The van der Waals surface area contributed by atoms with Crippen LogP contribution in [-0.2, 0) is 9.59 Å². The molecule has 1 aromatic carbocycles. The Bertz CT molecular complexity index is 659. The normalized spacial score (nSPS) is 20.1. The highest BCUT2D eigenvalue weighted by Gasteiger charge is 2.33.